The van der Waals surface area contributed by atoms with Gasteiger partial charge in [-0.3, -0.25) is 0 Å². The summed E-state index contributed by atoms with van der Waals surface area (Å²) >= 11 is 0. The molecule has 2 aliphatic rings. The molecule has 80 valence electrons. The highest BCUT2D eigenvalue weighted by Gasteiger charge is 2.41. The second kappa shape index (κ2) is 3.20. The summed E-state index contributed by atoms with van der Waals surface area (Å²) < 4.78 is 19.5. The number of nitrogens with one attached hydrogen (secondary N) is 1. The largest absolute Gasteiger partial charge is 0.486 e. The van der Waals surface area contributed by atoms with Crippen molar-refractivity contribution in [1.29, 1.82) is 0 Å². The molecule has 0 unspecified atom stereocenters. The lowest BCUT2D eigenvalue weighted by molar-refractivity contribution is 0.0599. The molecule has 0 aliphatic carbocycles. The van der Waals surface area contributed by atoms with Gasteiger partial charge in [0.05, 0.1) is 0 Å². The van der Waals surface area contributed by atoms with Gasteiger partial charge in [0, 0.05) is 12.0 Å². The summed E-state index contributed by atoms with van der Waals surface area (Å²) in [4.78, 5) is 0. The van der Waals surface area contributed by atoms with Crippen LogP contribution in [0.4, 0.5) is 4.39 Å². The van der Waals surface area contributed by atoms with Crippen molar-refractivity contribution in [3.63, 3.8) is 0 Å². The highest BCUT2D eigenvalue weighted by Crippen LogP contribution is 2.40. The van der Waals surface area contributed by atoms with Gasteiger partial charge in [0.15, 0.2) is 0 Å². The fourth-order valence-electron chi connectivity index (χ4n) is 2.56. The van der Waals surface area contributed by atoms with Gasteiger partial charge in [0.25, 0.3) is 0 Å². The maximum Gasteiger partial charge on any atom is 0.130 e. The van der Waals surface area contributed by atoms with Crippen LogP contribution < -0.4 is 10.1 Å². The third-order valence-electron chi connectivity index (χ3n) is 3.42. The van der Waals surface area contributed by atoms with Crippen molar-refractivity contribution >= 4 is 0 Å². The number of halogens is 1. The van der Waals surface area contributed by atoms with Gasteiger partial charge >= 0.3 is 0 Å². The average molecular weight is 207 g/mol. The molecule has 0 saturated carbocycles. The quantitative estimate of drug-likeness (QED) is 0.701. The SMILES string of the molecule is Fc1cccc2c1CC1(CCNCC1)O2. The number of piperidine rings is 1. The van der Waals surface area contributed by atoms with Crippen LogP contribution in [0, 0.1) is 5.82 Å². The predicted octanol–water partition coefficient (Wildman–Crippen LogP) is 1.88. The molecular weight excluding hydrogens is 193 g/mol. The molecule has 0 radical (unpaired) electrons. The molecule has 2 aliphatic heterocycles. The van der Waals surface area contributed by atoms with Crippen LogP contribution in [0.25, 0.3) is 0 Å². The second-order valence-electron chi connectivity index (χ2n) is 4.43. The van der Waals surface area contributed by atoms with E-state index in [1.165, 1.54) is 6.07 Å². The average Bonchev–Trinajstić information content (AvgIpc) is 2.59. The molecule has 1 fully saturated rings. The highest BCUT2D eigenvalue weighted by molar-refractivity contribution is 5.40. The zero-order chi connectivity index (χ0) is 10.3. The molecule has 1 saturated heterocycles. The van der Waals surface area contributed by atoms with Gasteiger partial charge < -0.3 is 10.1 Å². The summed E-state index contributed by atoms with van der Waals surface area (Å²) in [5, 5.41) is 3.30. The van der Waals surface area contributed by atoms with E-state index in [0.29, 0.717) is 0 Å². The Morgan fingerprint density at radius 1 is 1.27 bits per heavy atom. The Hall–Kier alpha value is -1.09. The first kappa shape index (κ1) is 9.16. The van der Waals surface area contributed by atoms with Crippen molar-refractivity contribution in [2.45, 2.75) is 24.9 Å². The van der Waals surface area contributed by atoms with E-state index in [-0.39, 0.29) is 11.4 Å². The van der Waals surface area contributed by atoms with E-state index in [0.717, 1.165) is 43.7 Å². The number of fused-ring (bicyclic) bond motifs is 1. The van der Waals surface area contributed by atoms with E-state index >= 15 is 0 Å². The molecule has 1 aromatic carbocycles. The maximum atomic E-state index is 13.5. The van der Waals surface area contributed by atoms with E-state index in [9.17, 15) is 4.39 Å². The summed E-state index contributed by atoms with van der Waals surface area (Å²) in [7, 11) is 0. The van der Waals surface area contributed by atoms with Crippen molar-refractivity contribution in [3.05, 3.63) is 29.6 Å². The third kappa shape index (κ3) is 1.42. The van der Waals surface area contributed by atoms with Crippen molar-refractivity contribution in [1.82, 2.24) is 5.32 Å². The monoisotopic (exact) mass is 207 g/mol. The standard InChI is InChI=1S/C12H14FNO/c13-10-2-1-3-11-9(10)8-12(15-11)4-6-14-7-5-12/h1-3,14H,4-8H2. The topological polar surface area (TPSA) is 21.3 Å². The van der Waals surface area contributed by atoms with Gasteiger partial charge in [-0.15, -0.1) is 0 Å². The van der Waals surface area contributed by atoms with Crippen LogP contribution >= 0.6 is 0 Å². The Morgan fingerprint density at radius 2 is 2.07 bits per heavy atom. The van der Waals surface area contributed by atoms with Gasteiger partial charge in [0.2, 0.25) is 0 Å². The molecule has 2 nitrogen and oxygen atoms in total. The molecular formula is C12H14FNO. The van der Waals surface area contributed by atoms with Crippen LogP contribution in [0.15, 0.2) is 18.2 Å². The minimum Gasteiger partial charge on any atom is -0.486 e. The first-order valence-corrected chi connectivity index (χ1v) is 5.46. The fourth-order valence-corrected chi connectivity index (χ4v) is 2.56. The molecule has 15 heavy (non-hydrogen) atoms. The molecule has 3 heteroatoms. The fraction of sp³-hybridized carbons (Fsp3) is 0.500. The first-order valence-electron chi connectivity index (χ1n) is 5.46. The molecule has 0 aromatic heterocycles. The van der Waals surface area contributed by atoms with E-state index in [1.807, 2.05) is 6.07 Å². The summed E-state index contributed by atoms with van der Waals surface area (Å²) in [5.41, 5.74) is 0.634. The summed E-state index contributed by atoms with van der Waals surface area (Å²) in [6, 6.07) is 5.10. The number of hydrogen-bond acceptors (Lipinski definition) is 2. The number of hydrogen-bond donors (Lipinski definition) is 1. The normalized spacial score (nSPS) is 22.5. The Morgan fingerprint density at radius 3 is 2.80 bits per heavy atom. The van der Waals surface area contributed by atoms with Crippen molar-refractivity contribution in [2.24, 2.45) is 0 Å². The number of ether oxygens (including phenoxy) is 1. The molecule has 3 rings (SSSR count). The van der Waals surface area contributed by atoms with Gasteiger partial charge in [0.1, 0.15) is 17.2 Å². The number of benzene rings is 1. The van der Waals surface area contributed by atoms with Crippen LogP contribution in [0.5, 0.6) is 5.75 Å². The molecule has 0 bridgehead atoms. The van der Waals surface area contributed by atoms with E-state index in [2.05, 4.69) is 5.32 Å². The van der Waals surface area contributed by atoms with Gasteiger partial charge in [-0.1, -0.05) is 6.07 Å². The summed E-state index contributed by atoms with van der Waals surface area (Å²) in [6.07, 6.45) is 2.68. The van der Waals surface area contributed by atoms with Crippen LogP contribution in [0.2, 0.25) is 0 Å². The lowest BCUT2D eigenvalue weighted by Crippen LogP contribution is -2.45. The Labute approximate surface area is 88.4 Å². The van der Waals surface area contributed by atoms with Crippen LogP contribution in [-0.4, -0.2) is 18.7 Å². The summed E-state index contributed by atoms with van der Waals surface area (Å²) in [5.74, 6) is 0.625. The first-order chi connectivity index (χ1) is 7.29. The maximum absolute atomic E-state index is 13.5. The van der Waals surface area contributed by atoms with E-state index in [4.69, 9.17) is 4.74 Å². The van der Waals surface area contributed by atoms with Gasteiger partial charge in [-0.2, -0.15) is 0 Å². The van der Waals surface area contributed by atoms with Gasteiger partial charge in [-0.05, 0) is 38.1 Å². The molecule has 1 spiro atoms. The van der Waals surface area contributed by atoms with Crippen LogP contribution in [0.3, 0.4) is 0 Å². The van der Waals surface area contributed by atoms with Crippen LogP contribution in [0.1, 0.15) is 18.4 Å². The highest BCUT2D eigenvalue weighted by atomic mass is 19.1. The van der Waals surface area contributed by atoms with Crippen LogP contribution in [-0.2, 0) is 6.42 Å². The lowest BCUT2D eigenvalue weighted by Gasteiger charge is -2.33. The van der Waals surface area contributed by atoms with Crippen molar-refractivity contribution in [3.8, 4) is 5.75 Å². The predicted molar refractivity (Wildman–Crippen MR) is 55.6 cm³/mol. The van der Waals surface area contributed by atoms with E-state index in [1.54, 1.807) is 6.07 Å². The smallest absolute Gasteiger partial charge is 0.130 e. The lowest BCUT2D eigenvalue weighted by atomic mass is 9.88. The summed E-state index contributed by atoms with van der Waals surface area (Å²) in [6.45, 7) is 1.94. The zero-order valence-corrected chi connectivity index (χ0v) is 8.55. The molecule has 0 atom stereocenters. The molecule has 1 aromatic rings. The molecule has 1 N–H and O–H groups in total. The van der Waals surface area contributed by atoms with E-state index < -0.39 is 0 Å². The third-order valence-corrected chi connectivity index (χ3v) is 3.42. The van der Waals surface area contributed by atoms with Crippen molar-refractivity contribution < 1.29 is 9.13 Å². The molecule has 0 amide bonds. The minimum atomic E-state index is -0.129. The number of rotatable bonds is 0. The Bertz CT molecular complexity index is 385. The minimum absolute atomic E-state index is 0.122. The second-order valence-corrected chi connectivity index (χ2v) is 4.43. The van der Waals surface area contributed by atoms with Crippen molar-refractivity contribution in [2.75, 3.05) is 13.1 Å². The molecule has 2 heterocycles. The Balaban J connectivity index is 1.94. The Kier molecular flexibility index (Phi) is 1.96. The zero-order valence-electron chi connectivity index (χ0n) is 8.55. The van der Waals surface area contributed by atoms with Gasteiger partial charge in [-0.25, -0.2) is 4.39 Å².